The van der Waals surface area contributed by atoms with Crippen LogP contribution in [0.2, 0.25) is 0 Å². The third-order valence-corrected chi connectivity index (χ3v) is 2.27. The molecule has 1 rings (SSSR count). The van der Waals surface area contributed by atoms with Gasteiger partial charge in [0.2, 0.25) is 0 Å². The van der Waals surface area contributed by atoms with Crippen LogP contribution in [0.5, 0.6) is 0 Å². The molecule has 0 saturated heterocycles. The summed E-state index contributed by atoms with van der Waals surface area (Å²) in [7, 11) is 0. The van der Waals surface area contributed by atoms with Gasteiger partial charge in [-0.2, -0.15) is 0 Å². The molecule has 3 heteroatoms. The van der Waals surface area contributed by atoms with Gasteiger partial charge in [-0.05, 0) is 37.9 Å². The molecule has 0 saturated carbocycles. The van der Waals surface area contributed by atoms with Gasteiger partial charge in [0.1, 0.15) is 0 Å². The van der Waals surface area contributed by atoms with Crippen molar-refractivity contribution in [3.05, 3.63) is 30.1 Å². The first-order valence-corrected chi connectivity index (χ1v) is 5.47. The van der Waals surface area contributed by atoms with Crippen LogP contribution in [0.4, 0.5) is 0 Å². The Labute approximate surface area is 91.5 Å². The summed E-state index contributed by atoms with van der Waals surface area (Å²) in [5.74, 6) is 0.494. The van der Waals surface area contributed by atoms with Crippen LogP contribution in [0, 0.1) is 5.92 Å². The summed E-state index contributed by atoms with van der Waals surface area (Å²) < 4.78 is 0. The Hall–Kier alpha value is -0.930. The summed E-state index contributed by atoms with van der Waals surface area (Å²) in [5, 5.41) is 12.5. The van der Waals surface area contributed by atoms with Crippen LogP contribution in [0.25, 0.3) is 0 Å². The van der Waals surface area contributed by atoms with Gasteiger partial charge in [0, 0.05) is 12.7 Å². The number of hydrogen-bond acceptors (Lipinski definition) is 3. The van der Waals surface area contributed by atoms with E-state index in [2.05, 4.69) is 17.2 Å². The van der Waals surface area contributed by atoms with Gasteiger partial charge in [0.05, 0.1) is 11.8 Å². The Morgan fingerprint density at radius 2 is 2.20 bits per heavy atom. The number of hydrogen-bond donors (Lipinski definition) is 2. The minimum absolute atomic E-state index is 0.211. The monoisotopic (exact) mass is 208 g/mol. The molecule has 2 unspecified atom stereocenters. The third kappa shape index (κ3) is 5.50. The fraction of sp³-hybridized carbons (Fsp3) is 0.583. The lowest BCUT2D eigenvalue weighted by Crippen LogP contribution is -2.23. The van der Waals surface area contributed by atoms with Crippen molar-refractivity contribution in [2.75, 3.05) is 6.54 Å². The van der Waals surface area contributed by atoms with Crippen molar-refractivity contribution in [2.24, 2.45) is 5.92 Å². The third-order valence-electron chi connectivity index (χ3n) is 2.27. The molecule has 3 nitrogen and oxygen atoms in total. The van der Waals surface area contributed by atoms with E-state index in [1.165, 1.54) is 0 Å². The highest BCUT2D eigenvalue weighted by Crippen LogP contribution is 2.04. The first-order chi connectivity index (χ1) is 7.18. The van der Waals surface area contributed by atoms with Crippen molar-refractivity contribution in [2.45, 2.75) is 32.9 Å². The Balaban J connectivity index is 2.16. The fourth-order valence-electron chi connectivity index (χ4n) is 1.61. The molecule has 0 aliphatic heterocycles. The Kier molecular flexibility index (Phi) is 5.29. The lowest BCUT2D eigenvalue weighted by Gasteiger charge is -2.13. The van der Waals surface area contributed by atoms with Crippen molar-refractivity contribution in [1.82, 2.24) is 10.3 Å². The molecule has 0 aliphatic rings. The maximum Gasteiger partial charge on any atom is 0.0541 e. The Morgan fingerprint density at radius 3 is 2.80 bits per heavy atom. The zero-order chi connectivity index (χ0) is 11.1. The molecule has 2 atom stereocenters. The van der Waals surface area contributed by atoms with Crippen LogP contribution >= 0.6 is 0 Å². The molecule has 1 heterocycles. The van der Waals surface area contributed by atoms with Crippen LogP contribution in [-0.4, -0.2) is 22.7 Å². The van der Waals surface area contributed by atoms with E-state index < -0.39 is 0 Å². The van der Waals surface area contributed by atoms with E-state index in [1.54, 1.807) is 6.20 Å². The maximum absolute atomic E-state index is 9.20. The smallest absolute Gasteiger partial charge is 0.0541 e. The summed E-state index contributed by atoms with van der Waals surface area (Å²) >= 11 is 0. The minimum atomic E-state index is -0.211. The zero-order valence-electron chi connectivity index (χ0n) is 9.48. The molecule has 0 spiro atoms. The predicted octanol–water partition coefficient (Wildman–Crippen LogP) is 1.58. The molecule has 0 radical (unpaired) electrons. The number of pyridine rings is 1. The van der Waals surface area contributed by atoms with Gasteiger partial charge in [0.25, 0.3) is 0 Å². The standard InChI is InChI=1S/C12H20N2O/c1-10(7-11(2)15)8-13-9-12-5-3-4-6-14-12/h3-6,10-11,13,15H,7-9H2,1-2H3. The molecule has 1 aromatic rings. The van der Waals surface area contributed by atoms with Crippen molar-refractivity contribution in [3.63, 3.8) is 0 Å². The summed E-state index contributed by atoms with van der Waals surface area (Å²) in [5.41, 5.74) is 1.06. The van der Waals surface area contributed by atoms with Crippen LogP contribution in [0.1, 0.15) is 26.0 Å². The lowest BCUT2D eigenvalue weighted by molar-refractivity contribution is 0.163. The van der Waals surface area contributed by atoms with E-state index in [-0.39, 0.29) is 6.10 Å². The van der Waals surface area contributed by atoms with Crippen LogP contribution < -0.4 is 5.32 Å². The topological polar surface area (TPSA) is 45.1 Å². The van der Waals surface area contributed by atoms with Gasteiger partial charge in [-0.3, -0.25) is 4.98 Å². The van der Waals surface area contributed by atoms with Crippen molar-refractivity contribution < 1.29 is 5.11 Å². The molecule has 15 heavy (non-hydrogen) atoms. The van der Waals surface area contributed by atoms with E-state index in [1.807, 2.05) is 25.1 Å². The molecule has 84 valence electrons. The van der Waals surface area contributed by atoms with E-state index in [9.17, 15) is 5.11 Å². The summed E-state index contributed by atoms with van der Waals surface area (Å²) in [6, 6.07) is 5.91. The van der Waals surface area contributed by atoms with Crippen molar-refractivity contribution >= 4 is 0 Å². The van der Waals surface area contributed by atoms with E-state index >= 15 is 0 Å². The largest absolute Gasteiger partial charge is 0.393 e. The van der Waals surface area contributed by atoms with Gasteiger partial charge in [-0.15, -0.1) is 0 Å². The molecule has 0 bridgehead atoms. The van der Waals surface area contributed by atoms with Crippen molar-refractivity contribution in [3.8, 4) is 0 Å². The second kappa shape index (κ2) is 6.53. The fourth-order valence-corrected chi connectivity index (χ4v) is 1.61. The van der Waals surface area contributed by atoms with Gasteiger partial charge in [0.15, 0.2) is 0 Å². The number of nitrogens with zero attached hydrogens (tertiary/aromatic N) is 1. The van der Waals surface area contributed by atoms with Crippen LogP contribution in [0.3, 0.4) is 0 Å². The van der Waals surface area contributed by atoms with Crippen LogP contribution in [-0.2, 0) is 6.54 Å². The number of nitrogens with one attached hydrogen (secondary N) is 1. The van der Waals surface area contributed by atoms with E-state index in [0.29, 0.717) is 5.92 Å². The highest BCUT2D eigenvalue weighted by atomic mass is 16.3. The summed E-state index contributed by atoms with van der Waals surface area (Å²) in [6.07, 6.45) is 2.43. The summed E-state index contributed by atoms with van der Waals surface area (Å²) in [6.45, 7) is 5.68. The molecular formula is C12H20N2O. The number of aliphatic hydroxyl groups excluding tert-OH is 1. The van der Waals surface area contributed by atoms with E-state index in [4.69, 9.17) is 0 Å². The van der Waals surface area contributed by atoms with Gasteiger partial charge in [-0.1, -0.05) is 13.0 Å². The Bertz CT molecular complexity index is 262. The molecule has 0 aliphatic carbocycles. The highest BCUT2D eigenvalue weighted by molar-refractivity contribution is 5.02. The number of rotatable bonds is 6. The van der Waals surface area contributed by atoms with Gasteiger partial charge >= 0.3 is 0 Å². The highest BCUT2D eigenvalue weighted by Gasteiger charge is 2.05. The molecule has 1 aromatic heterocycles. The average Bonchev–Trinajstić information content (AvgIpc) is 2.18. The van der Waals surface area contributed by atoms with Gasteiger partial charge in [-0.25, -0.2) is 0 Å². The molecule has 0 amide bonds. The van der Waals surface area contributed by atoms with E-state index in [0.717, 1.165) is 25.2 Å². The molecule has 0 aromatic carbocycles. The molecule has 0 fully saturated rings. The summed E-state index contributed by atoms with van der Waals surface area (Å²) in [4.78, 5) is 4.22. The molecular weight excluding hydrogens is 188 g/mol. The number of aliphatic hydroxyl groups is 1. The van der Waals surface area contributed by atoms with Crippen molar-refractivity contribution in [1.29, 1.82) is 0 Å². The second-order valence-electron chi connectivity index (χ2n) is 4.14. The first-order valence-electron chi connectivity index (χ1n) is 5.47. The Morgan fingerprint density at radius 1 is 1.40 bits per heavy atom. The number of aromatic nitrogens is 1. The van der Waals surface area contributed by atoms with Crippen LogP contribution in [0.15, 0.2) is 24.4 Å². The second-order valence-corrected chi connectivity index (χ2v) is 4.14. The normalized spacial score (nSPS) is 14.9. The average molecular weight is 208 g/mol. The van der Waals surface area contributed by atoms with Gasteiger partial charge < -0.3 is 10.4 Å². The minimum Gasteiger partial charge on any atom is -0.393 e. The maximum atomic E-state index is 9.20. The first kappa shape index (κ1) is 12.1. The SMILES string of the molecule is CC(O)CC(C)CNCc1ccccn1. The quantitative estimate of drug-likeness (QED) is 0.746. The lowest BCUT2D eigenvalue weighted by atomic mass is 10.0. The zero-order valence-corrected chi connectivity index (χ0v) is 9.48. The predicted molar refractivity (Wildman–Crippen MR) is 61.4 cm³/mol. The molecule has 2 N–H and O–H groups in total.